The van der Waals surface area contributed by atoms with Crippen molar-refractivity contribution in [2.45, 2.75) is 57.0 Å². The molecule has 0 radical (unpaired) electrons. The molecule has 2 aliphatic heterocycles. The number of methoxy groups -OCH3 is 1. The lowest BCUT2D eigenvalue weighted by molar-refractivity contribution is -0.123. The van der Waals surface area contributed by atoms with E-state index in [0.29, 0.717) is 34.5 Å². The molecule has 3 aliphatic rings. The van der Waals surface area contributed by atoms with Gasteiger partial charge in [-0.3, -0.25) is 19.3 Å². The standard InChI is InChI=1S/C28H31N5O4S/c1-37-20-13-11-19(12-14-20)30-25(35)17-38-28-31-22-10-6-5-9-21(22)26-32-27(36)23(33(26)28)15-16-24(34)29-18-7-3-2-4-8-18/h5-6,9-14,18,23H,2-4,7-8,15-17H2,1H3,(H,29,34)(H,30,35). The number of benzene rings is 2. The Morgan fingerprint density at radius 2 is 1.79 bits per heavy atom. The number of amidine groups is 2. The average Bonchev–Trinajstić information content (AvgIpc) is 3.27. The maximum Gasteiger partial charge on any atom is 0.270 e. The maximum atomic E-state index is 13.0. The summed E-state index contributed by atoms with van der Waals surface area (Å²) in [5, 5.41) is 6.52. The lowest BCUT2D eigenvalue weighted by Gasteiger charge is -2.31. The number of aliphatic imine (C=N–C) groups is 2. The van der Waals surface area contributed by atoms with Crippen molar-refractivity contribution in [3.05, 3.63) is 54.1 Å². The quantitative estimate of drug-likeness (QED) is 0.525. The second-order valence-electron chi connectivity index (χ2n) is 9.58. The molecule has 1 fully saturated rings. The highest BCUT2D eigenvalue weighted by molar-refractivity contribution is 8.14. The average molecular weight is 534 g/mol. The van der Waals surface area contributed by atoms with Crippen molar-refractivity contribution in [1.82, 2.24) is 10.2 Å². The molecule has 198 valence electrons. The number of carbonyl (C=O) groups is 3. The van der Waals surface area contributed by atoms with Crippen molar-refractivity contribution in [3.63, 3.8) is 0 Å². The van der Waals surface area contributed by atoms with Gasteiger partial charge in [-0.15, -0.1) is 0 Å². The lowest BCUT2D eigenvalue weighted by Crippen LogP contribution is -2.44. The number of rotatable bonds is 8. The number of para-hydroxylation sites is 1. The molecule has 5 rings (SSSR count). The number of amides is 3. The SMILES string of the molecule is COc1ccc(NC(=O)CSC2=Nc3ccccc3C3=NC(=O)C(CCC(=O)NC4CCCCC4)N23)cc1. The van der Waals surface area contributed by atoms with Crippen LogP contribution in [0.3, 0.4) is 0 Å². The maximum absolute atomic E-state index is 13.0. The molecule has 1 saturated carbocycles. The number of nitrogens with one attached hydrogen (secondary N) is 2. The van der Waals surface area contributed by atoms with Crippen LogP contribution in [0.4, 0.5) is 11.4 Å². The van der Waals surface area contributed by atoms with Crippen LogP contribution in [0.2, 0.25) is 0 Å². The van der Waals surface area contributed by atoms with Gasteiger partial charge in [0.25, 0.3) is 5.91 Å². The second-order valence-corrected chi connectivity index (χ2v) is 10.5. The van der Waals surface area contributed by atoms with Crippen LogP contribution in [-0.4, -0.2) is 58.6 Å². The number of ether oxygens (including phenoxy) is 1. The number of nitrogens with zero attached hydrogens (tertiary/aromatic N) is 3. The van der Waals surface area contributed by atoms with Gasteiger partial charge in [0.05, 0.1) is 18.6 Å². The Labute approximate surface area is 226 Å². The van der Waals surface area contributed by atoms with Gasteiger partial charge in [0, 0.05) is 23.7 Å². The first-order chi connectivity index (χ1) is 18.5. The van der Waals surface area contributed by atoms with Gasteiger partial charge < -0.3 is 15.4 Å². The Kier molecular flexibility index (Phi) is 8.07. The number of fused-ring (bicyclic) bond motifs is 3. The highest BCUT2D eigenvalue weighted by Crippen LogP contribution is 2.35. The van der Waals surface area contributed by atoms with Gasteiger partial charge in [0.1, 0.15) is 17.6 Å². The summed E-state index contributed by atoms with van der Waals surface area (Å²) in [4.78, 5) is 49.3. The molecule has 1 aliphatic carbocycles. The number of thioether (sulfide) groups is 1. The third kappa shape index (κ3) is 5.91. The van der Waals surface area contributed by atoms with Crippen molar-refractivity contribution < 1.29 is 19.1 Å². The van der Waals surface area contributed by atoms with Crippen molar-refractivity contribution >= 4 is 51.9 Å². The van der Waals surface area contributed by atoms with Crippen LogP contribution in [0, 0.1) is 0 Å². The third-order valence-electron chi connectivity index (χ3n) is 6.93. The molecule has 2 N–H and O–H groups in total. The molecule has 0 saturated heterocycles. The smallest absolute Gasteiger partial charge is 0.270 e. The van der Waals surface area contributed by atoms with Gasteiger partial charge in [0.2, 0.25) is 11.8 Å². The summed E-state index contributed by atoms with van der Waals surface area (Å²) in [6.07, 6.45) is 6.07. The highest BCUT2D eigenvalue weighted by Gasteiger charge is 2.41. The van der Waals surface area contributed by atoms with E-state index in [9.17, 15) is 14.4 Å². The van der Waals surface area contributed by atoms with E-state index in [-0.39, 0.29) is 35.9 Å². The molecule has 1 unspecified atom stereocenters. The predicted molar refractivity (Wildman–Crippen MR) is 149 cm³/mol. The Morgan fingerprint density at radius 1 is 1.03 bits per heavy atom. The van der Waals surface area contributed by atoms with Crippen molar-refractivity contribution in [3.8, 4) is 5.75 Å². The van der Waals surface area contributed by atoms with Gasteiger partial charge >= 0.3 is 0 Å². The monoisotopic (exact) mass is 533 g/mol. The minimum atomic E-state index is -0.633. The molecular weight excluding hydrogens is 502 g/mol. The van der Waals surface area contributed by atoms with E-state index < -0.39 is 6.04 Å². The molecule has 2 aromatic rings. The molecule has 3 amide bonds. The Hall–Kier alpha value is -3.66. The molecule has 2 aromatic carbocycles. The summed E-state index contributed by atoms with van der Waals surface area (Å²) in [6, 6.07) is 14.2. The van der Waals surface area contributed by atoms with Crippen LogP contribution in [-0.2, 0) is 14.4 Å². The fourth-order valence-corrected chi connectivity index (χ4v) is 5.84. The normalized spacial score (nSPS) is 18.7. The van der Waals surface area contributed by atoms with Crippen LogP contribution in [0.1, 0.15) is 50.5 Å². The summed E-state index contributed by atoms with van der Waals surface area (Å²) >= 11 is 1.25. The van der Waals surface area contributed by atoms with E-state index in [1.165, 1.54) is 18.2 Å². The summed E-state index contributed by atoms with van der Waals surface area (Å²) < 4.78 is 5.16. The van der Waals surface area contributed by atoms with E-state index in [1.807, 2.05) is 24.3 Å². The van der Waals surface area contributed by atoms with Crippen LogP contribution >= 0.6 is 11.8 Å². The number of carbonyl (C=O) groups excluding carboxylic acids is 3. The van der Waals surface area contributed by atoms with Crippen molar-refractivity contribution in [2.75, 3.05) is 18.2 Å². The minimum absolute atomic E-state index is 0.0411. The molecule has 2 heterocycles. The van der Waals surface area contributed by atoms with Crippen LogP contribution in [0.5, 0.6) is 5.75 Å². The number of anilines is 1. The molecule has 38 heavy (non-hydrogen) atoms. The second kappa shape index (κ2) is 11.8. The van der Waals surface area contributed by atoms with E-state index in [1.54, 1.807) is 36.3 Å². The van der Waals surface area contributed by atoms with Gasteiger partial charge in [-0.1, -0.05) is 43.2 Å². The number of hydrogen-bond acceptors (Lipinski definition) is 7. The minimum Gasteiger partial charge on any atom is -0.497 e. The topological polar surface area (TPSA) is 112 Å². The summed E-state index contributed by atoms with van der Waals surface area (Å²) in [7, 11) is 1.59. The Morgan fingerprint density at radius 3 is 2.55 bits per heavy atom. The summed E-state index contributed by atoms with van der Waals surface area (Å²) in [5.41, 5.74) is 2.12. The first-order valence-corrected chi connectivity index (χ1v) is 14.0. The largest absolute Gasteiger partial charge is 0.497 e. The molecule has 10 heteroatoms. The zero-order valence-electron chi connectivity index (χ0n) is 21.3. The fourth-order valence-electron chi connectivity index (χ4n) is 4.99. The van der Waals surface area contributed by atoms with Gasteiger partial charge in [-0.2, -0.15) is 4.99 Å². The highest BCUT2D eigenvalue weighted by atomic mass is 32.2. The first-order valence-electron chi connectivity index (χ1n) is 13.0. The molecular formula is C28H31N5O4S. The first kappa shape index (κ1) is 26.0. The zero-order chi connectivity index (χ0) is 26.5. The van der Waals surface area contributed by atoms with E-state index >= 15 is 0 Å². The van der Waals surface area contributed by atoms with Crippen LogP contribution in [0.25, 0.3) is 0 Å². The van der Waals surface area contributed by atoms with Crippen LogP contribution < -0.4 is 15.4 Å². The van der Waals surface area contributed by atoms with E-state index in [0.717, 1.165) is 31.2 Å². The van der Waals surface area contributed by atoms with Gasteiger partial charge in [-0.25, -0.2) is 4.99 Å². The molecule has 0 bridgehead atoms. The van der Waals surface area contributed by atoms with Crippen LogP contribution in [0.15, 0.2) is 58.5 Å². The molecule has 1 atom stereocenters. The number of hydrogen-bond donors (Lipinski definition) is 2. The fraction of sp³-hybridized carbons (Fsp3) is 0.393. The predicted octanol–water partition coefficient (Wildman–Crippen LogP) is 4.25. The van der Waals surface area contributed by atoms with E-state index in [2.05, 4.69) is 15.6 Å². The molecule has 9 nitrogen and oxygen atoms in total. The van der Waals surface area contributed by atoms with Gasteiger partial charge in [0.15, 0.2) is 5.17 Å². The summed E-state index contributed by atoms with van der Waals surface area (Å²) in [5.74, 6) is 0.792. The Balaban J connectivity index is 1.27. The molecule has 0 spiro atoms. The van der Waals surface area contributed by atoms with E-state index in [4.69, 9.17) is 9.73 Å². The Bertz CT molecular complexity index is 1270. The zero-order valence-corrected chi connectivity index (χ0v) is 22.1. The summed E-state index contributed by atoms with van der Waals surface area (Å²) in [6.45, 7) is 0. The molecule has 0 aromatic heterocycles. The van der Waals surface area contributed by atoms with Gasteiger partial charge in [-0.05, 0) is 55.7 Å². The third-order valence-corrected chi connectivity index (χ3v) is 7.88. The van der Waals surface area contributed by atoms with Crippen molar-refractivity contribution in [2.24, 2.45) is 9.98 Å². The van der Waals surface area contributed by atoms with Crippen molar-refractivity contribution in [1.29, 1.82) is 0 Å². The lowest BCUT2D eigenvalue weighted by atomic mass is 9.95.